The maximum Gasteiger partial charge on any atom is 0.338 e. The van der Waals surface area contributed by atoms with E-state index in [1.807, 2.05) is 55.5 Å². The largest absolute Gasteiger partial charge is 0.426 e. The molecule has 0 aromatic heterocycles. The van der Waals surface area contributed by atoms with E-state index < -0.39 is 11.9 Å². The summed E-state index contributed by atoms with van der Waals surface area (Å²) in [5.41, 5.74) is 4.66. The van der Waals surface area contributed by atoms with Crippen LogP contribution < -0.4 is 14.2 Å². The van der Waals surface area contributed by atoms with Crippen molar-refractivity contribution in [3.05, 3.63) is 102 Å². The Morgan fingerprint density at radius 1 is 0.718 bits per heavy atom. The number of hydrogen-bond donors (Lipinski definition) is 0. The minimum atomic E-state index is -0.524. The smallest absolute Gasteiger partial charge is 0.338 e. The molecule has 3 rings (SSSR count). The van der Waals surface area contributed by atoms with Gasteiger partial charge >= 0.3 is 17.9 Å². The van der Waals surface area contributed by atoms with Crippen LogP contribution in [-0.4, -0.2) is 17.9 Å². The minimum Gasteiger partial charge on any atom is -0.426 e. The fraction of sp³-hybridized carbons (Fsp3) is 0.182. The van der Waals surface area contributed by atoms with Gasteiger partial charge in [0.1, 0.15) is 17.2 Å². The average molecular weight is 525 g/mol. The van der Waals surface area contributed by atoms with E-state index in [0.717, 1.165) is 22.3 Å². The summed E-state index contributed by atoms with van der Waals surface area (Å²) in [6.45, 7) is 15.9. The van der Waals surface area contributed by atoms with Gasteiger partial charge in [0.15, 0.2) is 0 Å². The maximum absolute atomic E-state index is 12.5. The molecule has 200 valence electrons. The molecule has 0 aliphatic carbocycles. The minimum absolute atomic E-state index is 0.227. The highest BCUT2D eigenvalue weighted by molar-refractivity contribution is 5.91. The highest BCUT2D eigenvalue weighted by atomic mass is 16.5. The van der Waals surface area contributed by atoms with E-state index in [1.165, 1.54) is 0 Å². The molecule has 0 saturated heterocycles. The first-order valence-electron chi connectivity index (χ1n) is 12.5. The van der Waals surface area contributed by atoms with Gasteiger partial charge in [-0.3, -0.25) is 4.79 Å². The summed E-state index contributed by atoms with van der Waals surface area (Å²) >= 11 is 0. The van der Waals surface area contributed by atoms with Gasteiger partial charge in [0.2, 0.25) is 0 Å². The van der Waals surface area contributed by atoms with E-state index in [2.05, 4.69) is 13.2 Å². The van der Waals surface area contributed by atoms with Gasteiger partial charge in [-0.25, -0.2) is 9.59 Å². The lowest BCUT2D eigenvalue weighted by Gasteiger charge is -2.15. The number of esters is 3. The Morgan fingerprint density at radius 3 is 1.82 bits per heavy atom. The zero-order valence-electron chi connectivity index (χ0n) is 22.9. The van der Waals surface area contributed by atoms with Gasteiger partial charge in [0.05, 0.1) is 5.92 Å². The zero-order valence-corrected chi connectivity index (χ0v) is 22.9. The van der Waals surface area contributed by atoms with E-state index >= 15 is 0 Å². The quantitative estimate of drug-likeness (QED) is 0.126. The molecule has 0 atom stereocenters. The van der Waals surface area contributed by atoms with Crippen molar-refractivity contribution in [1.82, 2.24) is 0 Å². The van der Waals surface area contributed by atoms with Crippen LogP contribution in [0.2, 0.25) is 0 Å². The number of hydrogen-bond acceptors (Lipinski definition) is 6. The molecule has 3 aromatic rings. The highest BCUT2D eigenvalue weighted by Gasteiger charge is 2.16. The van der Waals surface area contributed by atoms with E-state index in [4.69, 9.17) is 14.2 Å². The van der Waals surface area contributed by atoms with Gasteiger partial charge < -0.3 is 14.2 Å². The van der Waals surface area contributed by atoms with Crippen LogP contribution >= 0.6 is 0 Å². The topological polar surface area (TPSA) is 78.9 Å². The molecule has 0 aliphatic rings. The predicted octanol–water partition coefficient (Wildman–Crippen LogP) is 7.36. The molecule has 6 nitrogen and oxygen atoms in total. The number of ether oxygens (including phenoxy) is 3. The third-order valence-corrected chi connectivity index (χ3v) is 5.73. The Kier molecular flexibility index (Phi) is 9.39. The zero-order chi connectivity index (χ0) is 28.7. The van der Waals surface area contributed by atoms with Crippen LogP contribution in [-0.2, 0) is 14.4 Å². The van der Waals surface area contributed by atoms with Crippen LogP contribution in [0, 0.1) is 12.8 Å². The first-order chi connectivity index (χ1) is 18.5. The lowest BCUT2D eigenvalue weighted by atomic mass is 9.96. The normalized spacial score (nSPS) is 10.8. The average Bonchev–Trinajstić information content (AvgIpc) is 2.90. The van der Waals surface area contributed by atoms with Crippen molar-refractivity contribution in [2.45, 2.75) is 34.6 Å². The first kappa shape index (κ1) is 28.9. The van der Waals surface area contributed by atoms with Gasteiger partial charge in [0, 0.05) is 22.3 Å². The SMILES string of the molecule is C=C(C)C(=O)Oc1ccc(/C=C/c2ccc(-c3ccc(OC(=O)C(C)C)cc3)c(C)c2OC(=O)C(=C)C)cc1. The van der Waals surface area contributed by atoms with Crippen molar-refractivity contribution in [3.8, 4) is 28.4 Å². The standard InChI is InChI=1S/C33H32O6/c1-20(2)31(34)37-27-15-9-24(10-16-27)8-11-26-14-19-29(23(7)30(26)39-33(36)22(5)6)25-12-17-28(18-13-25)38-32(35)21(3)4/h8-19,21H,1,5H2,2-4,6-7H3/b11-8+. The Hall–Kier alpha value is -4.71. The van der Waals surface area contributed by atoms with E-state index in [-0.39, 0.29) is 17.5 Å². The molecule has 0 heterocycles. The first-order valence-corrected chi connectivity index (χ1v) is 12.5. The van der Waals surface area contributed by atoms with Crippen LogP contribution in [0.3, 0.4) is 0 Å². The molecule has 3 aromatic carbocycles. The highest BCUT2D eigenvalue weighted by Crippen LogP contribution is 2.35. The molecule has 0 fully saturated rings. The molecule has 0 N–H and O–H groups in total. The Balaban J connectivity index is 1.91. The van der Waals surface area contributed by atoms with Crippen LogP contribution in [0.5, 0.6) is 17.2 Å². The van der Waals surface area contributed by atoms with E-state index in [1.54, 1.807) is 52.0 Å². The van der Waals surface area contributed by atoms with Crippen molar-refractivity contribution in [2.24, 2.45) is 5.92 Å². The van der Waals surface area contributed by atoms with Crippen molar-refractivity contribution in [3.63, 3.8) is 0 Å². The van der Waals surface area contributed by atoms with E-state index in [0.29, 0.717) is 28.4 Å². The van der Waals surface area contributed by atoms with Crippen LogP contribution in [0.15, 0.2) is 85.0 Å². The molecule has 0 bridgehead atoms. The summed E-state index contributed by atoms with van der Waals surface area (Å²) in [5, 5.41) is 0. The molecule has 0 unspecified atom stereocenters. The fourth-order valence-electron chi connectivity index (χ4n) is 3.44. The van der Waals surface area contributed by atoms with Gasteiger partial charge in [0.25, 0.3) is 0 Å². The fourth-order valence-corrected chi connectivity index (χ4v) is 3.44. The monoisotopic (exact) mass is 524 g/mol. The van der Waals surface area contributed by atoms with Gasteiger partial charge in [-0.1, -0.05) is 75.6 Å². The number of carbonyl (C=O) groups excluding carboxylic acids is 3. The van der Waals surface area contributed by atoms with Crippen molar-refractivity contribution < 1.29 is 28.6 Å². The van der Waals surface area contributed by atoms with Crippen molar-refractivity contribution in [1.29, 1.82) is 0 Å². The second kappa shape index (κ2) is 12.7. The molecule has 0 saturated carbocycles. The molecule has 0 spiro atoms. The summed E-state index contributed by atoms with van der Waals surface area (Å²) in [4.78, 5) is 36.1. The third kappa shape index (κ3) is 7.65. The number of benzene rings is 3. The summed E-state index contributed by atoms with van der Waals surface area (Å²) in [5.74, 6) is -0.236. The second-order valence-electron chi connectivity index (χ2n) is 9.50. The molecule has 6 heteroatoms. The van der Waals surface area contributed by atoms with Gasteiger partial charge in [-0.2, -0.15) is 0 Å². The second-order valence-corrected chi connectivity index (χ2v) is 9.50. The Bertz CT molecular complexity index is 1440. The maximum atomic E-state index is 12.5. The lowest BCUT2D eigenvalue weighted by Crippen LogP contribution is -2.14. The summed E-state index contributed by atoms with van der Waals surface area (Å²) < 4.78 is 16.4. The molecular weight excluding hydrogens is 492 g/mol. The number of carbonyl (C=O) groups is 3. The van der Waals surface area contributed by atoms with Gasteiger partial charge in [-0.15, -0.1) is 0 Å². The van der Waals surface area contributed by atoms with Crippen LogP contribution in [0.4, 0.5) is 0 Å². The summed E-state index contributed by atoms with van der Waals surface area (Å²) in [6, 6.07) is 18.0. The van der Waals surface area contributed by atoms with E-state index in [9.17, 15) is 14.4 Å². The lowest BCUT2D eigenvalue weighted by molar-refractivity contribution is -0.137. The summed E-state index contributed by atoms with van der Waals surface area (Å²) in [7, 11) is 0. The van der Waals surface area contributed by atoms with Crippen LogP contribution in [0.1, 0.15) is 44.4 Å². The number of rotatable bonds is 9. The molecule has 0 amide bonds. The van der Waals surface area contributed by atoms with Crippen molar-refractivity contribution in [2.75, 3.05) is 0 Å². The third-order valence-electron chi connectivity index (χ3n) is 5.73. The molecule has 39 heavy (non-hydrogen) atoms. The van der Waals surface area contributed by atoms with Crippen LogP contribution in [0.25, 0.3) is 23.3 Å². The Morgan fingerprint density at radius 2 is 1.26 bits per heavy atom. The van der Waals surface area contributed by atoms with Crippen molar-refractivity contribution >= 4 is 30.1 Å². The summed E-state index contributed by atoms with van der Waals surface area (Å²) in [6.07, 6.45) is 3.72. The molecular formula is C33H32O6. The predicted molar refractivity (Wildman–Crippen MR) is 153 cm³/mol. The molecule has 0 aliphatic heterocycles. The molecule has 0 radical (unpaired) electrons. The Labute approximate surface area is 229 Å². The van der Waals surface area contributed by atoms with Gasteiger partial charge in [-0.05, 0) is 61.7 Å².